The van der Waals surface area contributed by atoms with Crippen LogP contribution in [0.15, 0.2) is 60.2 Å². The van der Waals surface area contributed by atoms with Gasteiger partial charge in [0.15, 0.2) is 0 Å². The van der Waals surface area contributed by atoms with Gasteiger partial charge in [0.25, 0.3) is 5.91 Å². The third-order valence-electron chi connectivity index (χ3n) is 3.60. The molecule has 0 aliphatic heterocycles. The Hall–Kier alpha value is -3.06. The molecule has 1 N–H and O–H groups in total. The maximum atomic E-state index is 12.0. The third kappa shape index (κ3) is 6.15. The van der Waals surface area contributed by atoms with Gasteiger partial charge >= 0.3 is 0 Å². The average Bonchev–Trinajstić information content (AvgIpc) is 2.65. The van der Waals surface area contributed by atoms with Crippen molar-refractivity contribution in [2.45, 2.75) is 26.4 Å². The fraction of sp³-hybridized carbons (Fsp3) is 0.238. The monoisotopic (exact) mass is 334 g/mol. The summed E-state index contributed by atoms with van der Waals surface area (Å²) in [5, 5.41) is 12.0. The van der Waals surface area contributed by atoms with Gasteiger partial charge in [-0.2, -0.15) is 5.26 Å². The first kappa shape index (κ1) is 18.3. The number of nitriles is 1. The van der Waals surface area contributed by atoms with E-state index in [4.69, 9.17) is 4.74 Å². The summed E-state index contributed by atoms with van der Waals surface area (Å²) < 4.78 is 5.78. The van der Waals surface area contributed by atoms with Crippen molar-refractivity contribution in [2.75, 3.05) is 6.54 Å². The Kier molecular flexibility index (Phi) is 7.27. The SMILES string of the molecule is CCCCNC(=O)/C(C#N)=C/c1cccc(OCc2ccccc2)c1. The highest BCUT2D eigenvalue weighted by Crippen LogP contribution is 2.17. The van der Waals surface area contributed by atoms with Crippen LogP contribution in [0.2, 0.25) is 0 Å². The van der Waals surface area contributed by atoms with Crippen molar-refractivity contribution in [3.63, 3.8) is 0 Å². The molecule has 1 amide bonds. The summed E-state index contributed by atoms with van der Waals surface area (Å²) in [5.41, 5.74) is 1.93. The molecule has 0 radical (unpaired) electrons. The topological polar surface area (TPSA) is 62.1 Å². The van der Waals surface area contributed by atoms with Crippen LogP contribution in [0.4, 0.5) is 0 Å². The van der Waals surface area contributed by atoms with Crippen LogP contribution in [-0.2, 0) is 11.4 Å². The van der Waals surface area contributed by atoms with Crippen molar-refractivity contribution in [1.29, 1.82) is 5.26 Å². The van der Waals surface area contributed by atoms with Crippen LogP contribution in [0.25, 0.3) is 6.08 Å². The van der Waals surface area contributed by atoms with Gasteiger partial charge in [-0.1, -0.05) is 55.8 Å². The lowest BCUT2D eigenvalue weighted by Gasteiger charge is -2.07. The molecule has 0 bridgehead atoms. The minimum absolute atomic E-state index is 0.0938. The van der Waals surface area contributed by atoms with Crippen LogP contribution in [-0.4, -0.2) is 12.5 Å². The highest BCUT2D eigenvalue weighted by Gasteiger charge is 2.08. The number of carbonyl (C=O) groups excluding carboxylic acids is 1. The van der Waals surface area contributed by atoms with E-state index >= 15 is 0 Å². The van der Waals surface area contributed by atoms with Gasteiger partial charge in [-0.05, 0) is 35.8 Å². The van der Waals surface area contributed by atoms with Crippen molar-refractivity contribution >= 4 is 12.0 Å². The normalized spacial score (nSPS) is 10.8. The van der Waals surface area contributed by atoms with Gasteiger partial charge in [-0.15, -0.1) is 0 Å². The van der Waals surface area contributed by atoms with E-state index in [-0.39, 0.29) is 11.5 Å². The van der Waals surface area contributed by atoms with Gasteiger partial charge in [0.1, 0.15) is 24.0 Å². The molecule has 0 unspecified atom stereocenters. The number of ether oxygens (including phenoxy) is 1. The predicted octanol–water partition coefficient (Wildman–Crippen LogP) is 4.09. The first-order chi connectivity index (χ1) is 12.2. The summed E-state index contributed by atoms with van der Waals surface area (Å²) in [5.74, 6) is 0.354. The Bertz CT molecular complexity index is 761. The molecule has 0 aliphatic carbocycles. The second-order valence-corrected chi connectivity index (χ2v) is 5.63. The maximum Gasteiger partial charge on any atom is 0.261 e. The highest BCUT2D eigenvalue weighted by atomic mass is 16.5. The quantitative estimate of drug-likeness (QED) is 0.449. The highest BCUT2D eigenvalue weighted by molar-refractivity contribution is 6.01. The zero-order valence-electron chi connectivity index (χ0n) is 14.4. The minimum Gasteiger partial charge on any atom is -0.489 e. The van der Waals surface area contributed by atoms with Crippen LogP contribution in [0.3, 0.4) is 0 Å². The van der Waals surface area contributed by atoms with Crippen molar-refractivity contribution < 1.29 is 9.53 Å². The van der Waals surface area contributed by atoms with Gasteiger partial charge in [0, 0.05) is 6.54 Å². The van der Waals surface area contributed by atoms with Crippen LogP contribution >= 0.6 is 0 Å². The number of nitrogens with one attached hydrogen (secondary N) is 1. The lowest BCUT2D eigenvalue weighted by molar-refractivity contribution is -0.117. The molecule has 0 spiro atoms. The van der Waals surface area contributed by atoms with E-state index in [1.807, 2.05) is 67.6 Å². The van der Waals surface area contributed by atoms with Crippen molar-refractivity contribution in [1.82, 2.24) is 5.32 Å². The minimum atomic E-state index is -0.341. The van der Waals surface area contributed by atoms with Crippen LogP contribution < -0.4 is 10.1 Å². The molecule has 2 aromatic rings. The van der Waals surface area contributed by atoms with Gasteiger partial charge in [0.2, 0.25) is 0 Å². The van der Waals surface area contributed by atoms with Gasteiger partial charge in [-0.25, -0.2) is 0 Å². The fourth-order valence-corrected chi connectivity index (χ4v) is 2.22. The van der Waals surface area contributed by atoms with Gasteiger partial charge in [0.05, 0.1) is 0 Å². The molecule has 2 aromatic carbocycles. The average molecular weight is 334 g/mol. The molecule has 0 saturated heterocycles. The number of unbranched alkanes of at least 4 members (excludes halogenated alkanes) is 1. The Labute approximate surface area is 148 Å². The smallest absolute Gasteiger partial charge is 0.261 e. The van der Waals surface area contributed by atoms with Crippen molar-refractivity contribution in [3.8, 4) is 11.8 Å². The molecule has 0 heterocycles. The fourth-order valence-electron chi connectivity index (χ4n) is 2.22. The molecule has 4 heteroatoms. The number of amides is 1. The number of carbonyl (C=O) groups is 1. The maximum absolute atomic E-state index is 12.0. The molecule has 4 nitrogen and oxygen atoms in total. The van der Waals surface area contributed by atoms with E-state index in [9.17, 15) is 10.1 Å². The zero-order chi connectivity index (χ0) is 17.9. The summed E-state index contributed by atoms with van der Waals surface area (Å²) in [4.78, 5) is 12.0. The molecule has 0 fully saturated rings. The Morgan fingerprint density at radius 3 is 2.72 bits per heavy atom. The molecule has 2 rings (SSSR count). The van der Waals surface area contributed by atoms with Gasteiger partial charge in [-0.3, -0.25) is 4.79 Å². The first-order valence-electron chi connectivity index (χ1n) is 8.39. The second-order valence-electron chi connectivity index (χ2n) is 5.63. The number of nitrogens with zero attached hydrogens (tertiary/aromatic N) is 1. The summed E-state index contributed by atoms with van der Waals surface area (Å²) >= 11 is 0. The van der Waals surface area contributed by atoms with E-state index in [1.165, 1.54) is 0 Å². The molecule has 0 aliphatic rings. The van der Waals surface area contributed by atoms with E-state index < -0.39 is 0 Å². The lowest BCUT2D eigenvalue weighted by Crippen LogP contribution is -2.25. The largest absolute Gasteiger partial charge is 0.489 e. The van der Waals surface area contributed by atoms with Crippen LogP contribution in [0.1, 0.15) is 30.9 Å². The van der Waals surface area contributed by atoms with Crippen LogP contribution in [0.5, 0.6) is 5.75 Å². The molecule has 0 aromatic heterocycles. The molecular formula is C21H22N2O2. The summed E-state index contributed by atoms with van der Waals surface area (Å²) in [6.45, 7) is 3.10. The van der Waals surface area contributed by atoms with Crippen LogP contribution in [0, 0.1) is 11.3 Å². The van der Waals surface area contributed by atoms with E-state index in [1.54, 1.807) is 6.08 Å². The Morgan fingerprint density at radius 2 is 2.00 bits per heavy atom. The lowest BCUT2D eigenvalue weighted by atomic mass is 10.1. The number of benzene rings is 2. The van der Waals surface area contributed by atoms with E-state index in [0.717, 1.165) is 24.0 Å². The number of hydrogen-bond donors (Lipinski definition) is 1. The summed E-state index contributed by atoms with van der Waals surface area (Å²) in [6.07, 6.45) is 3.47. The molecule has 25 heavy (non-hydrogen) atoms. The molecule has 0 saturated carbocycles. The van der Waals surface area contributed by atoms with Crippen molar-refractivity contribution in [3.05, 3.63) is 71.3 Å². The Morgan fingerprint density at radius 1 is 1.20 bits per heavy atom. The third-order valence-corrected chi connectivity index (χ3v) is 3.60. The molecule has 0 atom stereocenters. The summed E-state index contributed by atoms with van der Waals surface area (Å²) in [7, 11) is 0. The van der Waals surface area contributed by atoms with Crippen molar-refractivity contribution in [2.24, 2.45) is 0 Å². The predicted molar refractivity (Wildman–Crippen MR) is 98.7 cm³/mol. The molecular weight excluding hydrogens is 312 g/mol. The van der Waals surface area contributed by atoms with E-state index in [2.05, 4.69) is 5.32 Å². The first-order valence-corrected chi connectivity index (χ1v) is 8.39. The van der Waals surface area contributed by atoms with Gasteiger partial charge < -0.3 is 10.1 Å². The zero-order valence-corrected chi connectivity index (χ0v) is 14.4. The Balaban J connectivity index is 2.03. The summed E-state index contributed by atoms with van der Waals surface area (Å²) in [6, 6.07) is 19.2. The molecule has 128 valence electrons. The number of rotatable bonds is 8. The second kappa shape index (κ2) is 9.94. The van der Waals surface area contributed by atoms with E-state index in [0.29, 0.717) is 18.9 Å². The standard InChI is InChI=1S/C21H22N2O2/c1-2-3-12-23-21(24)19(15-22)13-18-10-7-11-20(14-18)25-16-17-8-5-4-6-9-17/h4-11,13-14H,2-3,12,16H2,1H3,(H,23,24)/b19-13+. The number of hydrogen-bond acceptors (Lipinski definition) is 3.